The van der Waals surface area contributed by atoms with E-state index in [1.165, 1.54) is 38.6 Å². The van der Waals surface area contributed by atoms with Gasteiger partial charge in [-0.1, -0.05) is 13.8 Å². The second-order valence-corrected chi connectivity index (χ2v) is 5.97. The van der Waals surface area contributed by atoms with Gasteiger partial charge in [-0.3, -0.25) is 0 Å². The van der Waals surface area contributed by atoms with E-state index < -0.39 is 0 Å². The Bertz CT molecular complexity index is 209. The highest BCUT2D eigenvalue weighted by Gasteiger charge is 2.42. The van der Waals surface area contributed by atoms with Crippen LogP contribution in [0.15, 0.2) is 0 Å². The zero-order valence-electron chi connectivity index (χ0n) is 10.9. The van der Waals surface area contributed by atoms with Gasteiger partial charge in [-0.15, -0.1) is 0 Å². The summed E-state index contributed by atoms with van der Waals surface area (Å²) in [4.78, 5) is 0. The third kappa shape index (κ3) is 3.21. The van der Waals surface area contributed by atoms with Crippen LogP contribution in [0.1, 0.15) is 46.0 Å². The van der Waals surface area contributed by atoms with E-state index in [1.54, 1.807) is 0 Å². The SMILES string of the molecule is CCNCC(C)(CC1CCOCC1)C1CC1. The van der Waals surface area contributed by atoms with Crippen LogP contribution in [-0.4, -0.2) is 26.3 Å². The average molecular weight is 225 g/mol. The number of nitrogens with one attached hydrogen (secondary N) is 1. The predicted molar refractivity (Wildman–Crippen MR) is 67.5 cm³/mol. The molecule has 0 aromatic carbocycles. The Morgan fingerprint density at radius 3 is 2.44 bits per heavy atom. The van der Waals surface area contributed by atoms with E-state index in [9.17, 15) is 0 Å². The lowest BCUT2D eigenvalue weighted by atomic mass is 9.74. The van der Waals surface area contributed by atoms with Crippen LogP contribution in [0, 0.1) is 17.3 Å². The number of rotatable bonds is 6. The van der Waals surface area contributed by atoms with Crippen LogP contribution < -0.4 is 5.32 Å². The first-order chi connectivity index (χ1) is 7.74. The van der Waals surface area contributed by atoms with Crippen molar-refractivity contribution >= 4 is 0 Å². The molecule has 1 atom stereocenters. The van der Waals surface area contributed by atoms with Crippen molar-refractivity contribution < 1.29 is 4.74 Å². The van der Waals surface area contributed by atoms with Gasteiger partial charge >= 0.3 is 0 Å². The van der Waals surface area contributed by atoms with Crippen LogP contribution in [0.4, 0.5) is 0 Å². The van der Waals surface area contributed by atoms with E-state index in [-0.39, 0.29) is 0 Å². The van der Waals surface area contributed by atoms with Crippen molar-refractivity contribution in [3.05, 3.63) is 0 Å². The highest BCUT2D eigenvalue weighted by molar-refractivity contribution is 4.94. The number of ether oxygens (including phenoxy) is 1. The molecule has 1 saturated heterocycles. The summed E-state index contributed by atoms with van der Waals surface area (Å²) < 4.78 is 5.46. The molecule has 1 aliphatic heterocycles. The first-order valence-corrected chi connectivity index (χ1v) is 7.03. The van der Waals surface area contributed by atoms with E-state index >= 15 is 0 Å². The number of hydrogen-bond donors (Lipinski definition) is 1. The molecule has 0 aromatic rings. The molecule has 2 nitrogen and oxygen atoms in total. The van der Waals surface area contributed by atoms with Gasteiger partial charge in [0.2, 0.25) is 0 Å². The van der Waals surface area contributed by atoms with Gasteiger partial charge in [-0.2, -0.15) is 0 Å². The second kappa shape index (κ2) is 5.50. The molecular formula is C14H27NO. The third-order valence-electron chi connectivity index (χ3n) is 4.44. The molecule has 0 radical (unpaired) electrons. The molecule has 2 aliphatic rings. The molecule has 94 valence electrons. The lowest BCUT2D eigenvalue weighted by molar-refractivity contribution is 0.0452. The fourth-order valence-electron chi connectivity index (χ4n) is 3.18. The van der Waals surface area contributed by atoms with Crippen LogP contribution in [0.25, 0.3) is 0 Å². The molecule has 1 saturated carbocycles. The highest BCUT2D eigenvalue weighted by Crippen LogP contribution is 2.49. The molecule has 1 unspecified atom stereocenters. The quantitative estimate of drug-likeness (QED) is 0.750. The Kier molecular flexibility index (Phi) is 4.26. The molecule has 1 aliphatic carbocycles. The maximum Gasteiger partial charge on any atom is 0.0468 e. The van der Waals surface area contributed by atoms with Gasteiger partial charge < -0.3 is 10.1 Å². The topological polar surface area (TPSA) is 21.3 Å². The van der Waals surface area contributed by atoms with Crippen LogP contribution >= 0.6 is 0 Å². The van der Waals surface area contributed by atoms with E-state index in [2.05, 4.69) is 19.2 Å². The maximum absolute atomic E-state index is 5.46. The smallest absolute Gasteiger partial charge is 0.0468 e. The third-order valence-corrected chi connectivity index (χ3v) is 4.44. The fraction of sp³-hybridized carbons (Fsp3) is 1.00. The minimum atomic E-state index is 0.554. The van der Waals surface area contributed by atoms with Crippen LogP contribution in [0.2, 0.25) is 0 Å². The molecule has 0 aromatic heterocycles. The summed E-state index contributed by atoms with van der Waals surface area (Å²) in [5.74, 6) is 1.91. The van der Waals surface area contributed by atoms with E-state index in [0.717, 1.165) is 31.6 Å². The molecule has 1 N–H and O–H groups in total. The van der Waals surface area contributed by atoms with Gasteiger partial charge in [0, 0.05) is 19.8 Å². The maximum atomic E-state index is 5.46. The monoisotopic (exact) mass is 225 g/mol. The van der Waals surface area contributed by atoms with Crippen LogP contribution in [0.5, 0.6) is 0 Å². The fourth-order valence-corrected chi connectivity index (χ4v) is 3.18. The Morgan fingerprint density at radius 1 is 1.19 bits per heavy atom. The predicted octanol–water partition coefficient (Wildman–Crippen LogP) is 2.83. The average Bonchev–Trinajstić information content (AvgIpc) is 3.12. The second-order valence-electron chi connectivity index (χ2n) is 5.97. The van der Waals surface area contributed by atoms with Gasteiger partial charge in [0.15, 0.2) is 0 Å². The molecule has 1 heterocycles. The minimum Gasteiger partial charge on any atom is -0.381 e. The molecule has 2 rings (SSSR count). The number of hydrogen-bond acceptors (Lipinski definition) is 2. The van der Waals surface area contributed by atoms with Crippen molar-refractivity contribution in [2.45, 2.75) is 46.0 Å². The van der Waals surface area contributed by atoms with Gasteiger partial charge in [0.1, 0.15) is 0 Å². The van der Waals surface area contributed by atoms with Crippen molar-refractivity contribution in [1.82, 2.24) is 5.32 Å². The molecular weight excluding hydrogens is 198 g/mol. The van der Waals surface area contributed by atoms with Crippen LogP contribution in [-0.2, 0) is 4.74 Å². The van der Waals surface area contributed by atoms with Crippen molar-refractivity contribution in [3.8, 4) is 0 Å². The molecule has 2 fully saturated rings. The van der Waals surface area contributed by atoms with Crippen molar-refractivity contribution in [2.75, 3.05) is 26.3 Å². The summed E-state index contributed by atoms with van der Waals surface area (Å²) in [6, 6.07) is 0. The Balaban J connectivity index is 1.85. The van der Waals surface area contributed by atoms with Gasteiger partial charge in [-0.05, 0) is 55.9 Å². The van der Waals surface area contributed by atoms with Gasteiger partial charge in [0.05, 0.1) is 0 Å². The highest BCUT2D eigenvalue weighted by atomic mass is 16.5. The zero-order chi connectivity index (χ0) is 11.4. The minimum absolute atomic E-state index is 0.554. The van der Waals surface area contributed by atoms with Crippen molar-refractivity contribution in [3.63, 3.8) is 0 Å². The summed E-state index contributed by atoms with van der Waals surface area (Å²) in [7, 11) is 0. The zero-order valence-corrected chi connectivity index (χ0v) is 10.9. The first kappa shape index (κ1) is 12.4. The van der Waals surface area contributed by atoms with Crippen LogP contribution in [0.3, 0.4) is 0 Å². The summed E-state index contributed by atoms with van der Waals surface area (Å²) in [5.41, 5.74) is 0.554. The van der Waals surface area contributed by atoms with Gasteiger partial charge in [-0.25, -0.2) is 0 Å². The normalized spacial score (nSPS) is 26.6. The van der Waals surface area contributed by atoms with Gasteiger partial charge in [0.25, 0.3) is 0 Å². The summed E-state index contributed by atoms with van der Waals surface area (Å²) in [6.07, 6.45) is 6.91. The van der Waals surface area contributed by atoms with E-state index in [1.807, 2.05) is 0 Å². The summed E-state index contributed by atoms with van der Waals surface area (Å²) in [5, 5.41) is 3.57. The van der Waals surface area contributed by atoms with Crippen molar-refractivity contribution in [2.24, 2.45) is 17.3 Å². The first-order valence-electron chi connectivity index (χ1n) is 7.03. The largest absolute Gasteiger partial charge is 0.381 e. The standard InChI is InChI=1S/C14H27NO/c1-3-15-11-14(2,13-4-5-13)10-12-6-8-16-9-7-12/h12-13,15H,3-11H2,1-2H3. The lowest BCUT2D eigenvalue weighted by Gasteiger charge is -2.35. The molecule has 0 bridgehead atoms. The summed E-state index contributed by atoms with van der Waals surface area (Å²) in [6.45, 7) is 9.02. The summed E-state index contributed by atoms with van der Waals surface area (Å²) >= 11 is 0. The molecule has 0 amide bonds. The molecule has 16 heavy (non-hydrogen) atoms. The van der Waals surface area contributed by atoms with E-state index in [0.29, 0.717) is 5.41 Å². The Labute approximate surface area is 100 Å². The Morgan fingerprint density at radius 2 is 1.88 bits per heavy atom. The van der Waals surface area contributed by atoms with E-state index in [4.69, 9.17) is 4.74 Å². The Hall–Kier alpha value is -0.0800. The molecule has 2 heteroatoms. The lowest BCUT2D eigenvalue weighted by Crippen LogP contribution is -2.36. The van der Waals surface area contributed by atoms with Crippen molar-refractivity contribution in [1.29, 1.82) is 0 Å². The molecule has 0 spiro atoms.